The maximum Gasteiger partial charge on any atom is 0.260 e. The molecule has 7 heteroatoms. The molecule has 1 aromatic heterocycles. The molecule has 1 fully saturated rings. The smallest absolute Gasteiger partial charge is 0.260 e. The largest absolute Gasteiger partial charge is 0.483 e. The van der Waals surface area contributed by atoms with Crippen molar-refractivity contribution in [3.63, 3.8) is 0 Å². The van der Waals surface area contributed by atoms with Crippen LogP contribution in [0.1, 0.15) is 34.9 Å². The first-order valence-corrected chi connectivity index (χ1v) is 8.83. The van der Waals surface area contributed by atoms with Crippen LogP contribution in [0.2, 0.25) is 0 Å². The second-order valence-electron chi connectivity index (χ2n) is 6.57. The lowest BCUT2D eigenvalue weighted by molar-refractivity contribution is 0.0954. The van der Waals surface area contributed by atoms with Gasteiger partial charge in [0.1, 0.15) is 19.0 Å². The van der Waals surface area contributed by atoms with Crippen LogP contribution in [0.4, 0.5) is 4.39 Å². The van der Waals surface area contributed by atoms with Crippen molar-refractivity contribution >= 4 is 5.78 Å². The number of fused-ring (bicyclic) bond motifs is 1. The highest BCUT2D eigenvalue weighted by atomic mass is 19.1. The Hall–Kier alpha value is -2.54. The molecule has 0 bridgehead atoms. The van der Waals surface area contributed by atoms with Crippen molar-refractivity contribution in [3.05, 3.63) is 47.7 Å². The van der Waals surface area contributed by atoms with E-state index in [4.69, 9.17) is 9.47 Å². The van der Waals surface area contributed by atoms with Gasteiger partial charge < -0.3 is 14.4 Å². The summed E-state index contributed by atoms with van der Waals surface area (Å²) in [6.07, 6.45) is 2.80. The third-order valence-electron chi connectivity index (χ3n) is 4.80. The maximum absolute atomic E-state index is 13.4. The Morgan fingerprint density at radius 1 is 1.31 bits per heavy atom. The molecule has 0 N–H and O–H groups in total. The summed E-state index contributed by atoms with van der Waals surface area (Å²) in [5.41, 5.74) is 1.02. The topological polar surface area (TPSA) is 64.6 Å². The van der Waals surface area contributed by atoms with E-state index in [1.165, 1.54) is 12.3 Å². The molecule has 4 rings (SSSR count). The summed E-state index contributed by atoms with van der Waals surface area (Å²) in [6.45, 7) is 3.26. The van der Waals surface area contributed by atoms with E-state index < -0.39 is 0 Å². The molecular weight excluding hydrogens is 337 g/mol. The number of nitrogens with zero attached hydrogens (tertiary/aromatic N) is 3. The fraction of sp³-hybridized carbons (Fsp3) is 0.421. The van der Waals surface area contributed by atoms with Crippen molar-refractivity contribution < 1.29 is 18.7 Å². The molecule has 0 spiro atoms. The predicted octanol–water partition coefficient (Wildman–Crippen LogP) is 2.45. The van der Waals surface area contributed by atoms with Gasteiger partial charge in [-0.05, 0) is 36.6 Å². The molecule has 3 heterocycles. The first kappa shape index (κ1) is 16.9. The number of carbonyl (C=O) groups excluding carboxylic acids is 1. The quantitative estimate of drug-likeness (QED) is 0.766. The van der Waals surface area contributed by atoms with Crippen LogP contribution in [-0.2, 0) is 0 Å². The van der Waals surface area contributed by atoms with E-state index in [1.807, 2.05) is 6.07 Å². The van der Waals surface area contributed by atoms with Gasteiger partial charge in [0, 0.05) is 19.5 Å². The van der Waals surface area contributed by atoms with Gasteiger partial charge in [0.15, 0.2) is 11.6 Å². The highest BCUT2D eigenvalue weighted by molar-refractivity contribution is 5.92. The minimum atomic E-state index is -0.202. The number of likely N-dealkylation sites (tertiary alicyclic amines) is 1. The summed E-state index contributed by atoms with van der Waals surface area (Å²) in [7, 11) is 0. The van der Waals surface area contributed by atoms with Crippen LogP contribution >= 0.6 is 0 Å². The molecule has 1 unspecified atom stereocenters. The molecule has 0 amide bonds. The molecule has 1 aromatic carbocycles. The molecule has 2 aromatic rings. The Kier molecular flexibility index (Phi) is 4.79. The number of aromatic nitrogens is 2. The van der Waals surface area contributed by atoms with Crippen LogP contribution < -0.4 is 9.47 Å². The van der Waals surface area contributed by atoms with Crippen LogP contribution in [-0.4, -0.2) is 53.5 Å². The Bertz CT molecular complexity index is 814. The summed E-state index contributed by atoms with van der Waals surface area (Å²) in [4.78, 5) is 22.9. The van der Waals surface area contributed by atoms with Gasteiger partial charge in [0.25, 0.3) is 5.88 Å². The number of hydrogen-bond acceptors (Lipinski definition) is 6. The minimum absolute atomic E-state index is 0.115. The van der Waals surface area contributed by atoms with E-state index in [0.29, 0.717) is 43.7 Å². The molecule has 136 valence electrons. The molecule has 2 aliphatic heterocycles. The van der Waals surface area contributed by atoms with Crippen molar-refractivity contribution in [2.45, 2.75) is 18.8 Å². The molecule has 6 nitrogen and oxygen atoms in total. The van der Waals surface area contributed by atoms with E-state index in [2.05, 4.69) is 14.9 Å². The van der Waals surface area contributed by atoms with Crippen LogP contribution in [0.25, 0.3) is 0 Å². The normalized spacial score (nSPS) is 19.5. The number of benzene rings is 1. The molecule has 26 heavy (non-hydrogen) atoms. The number of ketones is 1. The van der Waals surface area contributed by atoms with E-state index in [-0.39, 0.29) is 17.4 Å². The second kappa shape index (κ2) is 7.37. The molecule has 1 saturated heterocycles. The third kappa shape index (κ3) is 3.67. The fourth-order valence-corrected chi connectivity index (χ4v) is 3.42. The van der Waals surface area contributed by atoms with Gasteiger partial charge in [0.2, 0.25) is 5.78 Å². The van der Waals surface area contributed by atoms with Crippen LogP contribution in [0.3, 0.4) is 0 Å². The number of Topliss-reactive ketones (excluding diaryl/α,β-unsaturated/α-hetero) is 1. The van der Waals surface area contributed by atoms with Crippen LogP contribution in [0.15, 0.2) is 30.5 Å². The summed E-state index contributed by atoms with van der Waals surface area (Å²) in [5.74, 6) is 0.969. The average Bonchev–Trinajstić information content (AvgIpc) is 3.15. The zero-order valence-electron chi connectivity index (χ0n) is 14.4. The highest BCUT2D eigenvalue weighted by Gasteiger charge is 2.25. The molecule has 0 radical (unpaired) electrons. The number of carbonyl (C=O) groups is 1. The van der Waals surface area contributed by atoms with Crippen molar-refractivity contribution in [1.82, 2.24) is 14.9 Å². The Morgan fingerprint density at radius 3 is 3.08 bits per heavy atom. The Morgan fingerprint density at radius 2 is 2.19 bits per heavy atom. The van der Waals surface area contributed by atoms with Crippen LogP contribution in [0.5, 0.6) is 11.6 Å². The van der Waals surface area contributed by atoms with E-state index in [0.717, 1.165) is 25.1 Å². The lowest BCUT2D eigenvalue weighted by Gasteiger charge is -2.17. The van der Waals surface area contributed by atoms with Crippen LogP contribution in [0, 0.1) is 5.82 Å². The van der Waals surface area contributed by atoms with Gasteiger partial charge in [-0.3, -0.25) is 4.79 Å². The molecule has 0 aliphatic carbocycles. The second-order valence-corrected chi connectivity index (χ2v) is 6.57. The third-order valence-corrected chi connectivity index (χ3v) is 4.80. The van der Waals surface area contributed by atoms with E-state index in [9.17, 15) is 9.18 Å². The summed E-state index contributed by atoms with van der Waals surface area (Å²) in [5, 5.41) is 0. The number of rotatable bonds is 5. The molecule has 0 saturated carbocycles. The van der Waals surface area contributed by atoms with Gasteiger partial charge in [0.05, 0.1) is 6.20 Å². The fourth-order valence-electron chi connectivity index (χ4n) is 3.42. The Labute approximate surface area is 151 Å². The first-order valence-electron chi connectivity index (χ1n) is 8.83. The van der Waals surface area contributed by atoms with Gasteiger partial charge in [-0.25, -0.2) is 9.37 Å². The zero-order valence-corrected chi connectivity index (χ0v) is 14.4. The summed E-state index contributed by atoms with van der Waals surface area (Å²) in [6, 6.07) is 6.77. The van der Waals surface area contributed by atoms with E-state index >= 15 is 0 Å². The predicted molar refractivity (Wildman–Crippen MR) is 92.2 cm³/mol. The van der Waals surface area contributed by atoms with Crippen molar-refractivity contribution in [1.29, 1.82) is 0 Å². The van der Waals surface area contributed by atoms with Gasteiger partial charge in [-0.1, -0.05) is 12.1 Å². The van der Waals surface area contributed by atoms with Gasteiger partial charge >= 0.3 is 0 Å². The average molecular weight is 357 g/mol. The number of ether oxygens (including phenoxy) is 2. The summed E-state index contributed by atoms with van der Waals surface area (Å²) >= 11 is 0. The van der Waals surface area contributed by atoms with Crippen molar-refractivity contribution in [2.75, 3.05) is 32.8 Å². The molecule has 2 aliphatic rings. The molecular formula is C19H20FN3O3. The standard InChI is InChI=1S/C19H20FN3O3/c20-15-3-1-2-13(10-15)14-4-6-23(12-14)7-5-16(24)18-21-11-17-19(22-18)26-9-8-25-17/h1-3,10-11,14H,4-9,12H2. The first-order chi connectivity index (χ1) is 12.7. The van der Waals surface area contributed by atoms with E-state index in [1.54, 1.807) is 12.1 Å². The highest BCUT2D eigenvalue weighted by Crippen LogP contribution is 2.28. The zero-order chi connectivity index (χ0) is 17.9. The van der Waals surface area contributed by atoms with Crippen molar-refractivity contribution in [3.8, 4) is 11.6 Å². The maximum atomic E-state index is 13.4. The SMILES string of the molecule is O=C(CCN1CCC(c2cccc(F)c2)C1)c1ncc2c(n1)OCCO2. The monoisotopic (exact) mass is 357 g/mol. The van der Waals surface area contributed by atoms with Crippen molar-refractivity contribution in [2.24, 2.45) is 0 Å². The lowest BCUT2D eigenvalue weighted by Crippen LogP contribution is -2.24. The van der Waals surface area contributed by atoms with Gasteiger partial charge in [-0.15, -0.1) is 0 Å². The summed E-state index contributed by atoms with van der Waals surface area (Å²) < 4.78 is 24.1. The van der Waals surface area contributed by atoms with Gasteiger partial charge in [-0.2, -0.15) is 4.98 Å². The number of hydrogen-bond donors (Lipinski definition) is 0. The lowest BCUT2D eigenvalue weighted by atomic mass is 9.98. The number of halogens is 1. The molecule has 1 atom stereocenters. The minimum Gasteiger partial charge on any atom is -0.483 e. The Balaban J connectivity index is 1.32.